The standard InChI is InChI=1S/C12H13N3O2/c16-11-6-10-9(14-11)3-5-15(10)12(17)8-2-1-4-13-7-8/h1-2,4,7,9-10H,3,5-6H2,(H,14,16)/t9-,10+/m0/s1. The Hall–Kier alpha value is -1.91. The van der Waals surface area contributed by atoms with Crippen molar-refractivity contribution >= 4 is 11.8 Å². The van der Waals surface area contributed by atoms with E-state index in [-0.39, 0.29) is 23.9 Å². The van der Waals surface area contributed by atoms with Crippen molar-refractivity contribution in [3.63, 3.8) is 0 Å². The Bertz CT molecular complexity index is 460. The molecule has 17 heavy (non-hydrogen) atoms. The molecule has 5 nitrogen and oxygen atoms in total. The Morgan fingerprint density at radius 3 is 3.18 bits per heavy atom. The van der Waals surface area contributed by atoms with E-state index in [9.17, 15) is 9.59 Å². The lowest BCUT2D eigenvalue weighted by atomic mass is 10.1. The maximum atomic E-state index is 12.2. The maximum Gasteiger partial charge on any atom is 0.255 e. The van der Waals surface area contributed by atoms with Crippen molar-refractivity contribution in [2.45, 2.75) is 24.9 Å². The number of rotatable bonds is 1. The van der Waals surface area contributed by atoms with Gasteiger partial charge < -0.3 is 10.2 Å². The number of hydrogen-bond acceptors (Lipinski definition) is 3. The van der Waals surface area contributed by atoms with Crippen LogP contribution in [0.25, 0.3) is 0 Å². The van der Waals surface area contributed by atoms with Crippen LogP contribution in [0.15, 0.2) is 24.5 Å². The monoisotopic (exact) mass is 231 g/mol. The molecule has 0 spiro atoms. The van der Waals surface area contributed by atoms with E-state index in [0.29, 0.717) is 18.5 Å². The topological polar surface area (TPSA) is 62.3 Å². The molecular formula is C12H13N3O2. The van der Waals surface area contributed by atoms with Gasteiger partial charge in [0.25, 0.3) is 5.91 Å². The van der Waals surface area contributed by atoms with Gasteiger partial charge in [-0.15, -0.1) is 0 Å². The zero-order valence-electron chi connectivity index (χ0n) is 9.30. The molecule has 0 unspecified atom stereocenters. The molecule has 0 radical (unpaired) electrons. The largest absolute Gasteiger partial charge is 0.351 e. The van der Waals surface area contributed by atoms with Crippen molar-refractivity contribution < 1.29 is 9.59 Å². The molecule has 0 saturated carbocycles. The molecule has 3 heterocycles. The zero-order valence-corrected chi connectivity index (χ0v) is 9.30. The molecule has 2 aliphatic rings. The van der Waals surface area contributed by atoms with Gasteiger partial charge in [0.2, 0.25) is 5.91 Å². The average Bonchev–Trinajstić information content (AvgIpc) is 2.88. The Kier molecular flexibility index (Phi) is 2.31. The van der Waals surface area contributed by atoms with E-state index < -0.39 is 0 Å². The fourth-order valence-corrected chi connectivity index (χ4v) is 2.64. The fraction of sp³-hybridized carbons (Fsp3) is 0.417. The van der Waals surface area contributed by atoms with E-state index in [1.54, 1.807) is 29.4 Å². The molecular weight excluding hydrogens is 218 g/mol. The zero-order chi connectivity index (χ0) is 11.8. The molecule has 2 atom stereocenters. The van der Waals surface area contributed by atoms with E-state index in [2.05, 4.69) is 10.3 Å². The highest BCUT2D eigenvalue weighted by Crippen LogP contribution is 2.26. The molecule has 2 saturated heterocycles. The minimum atomic E-state index is -0.0258. The number of hydrogen-bond donors (Lipinski definition) is 1. The summed E-state index contributed by atoms with van der Waals surface area (Å²) in [6.45, 7) is 0.712. The summed E-state index contributed by atoms with van der Waals surface area (Å²) in [6.07, 6.45) is 4.49. The normalized spacial score (nSPS) is 26.8. The van der Waals surface area contributed by atoms with Gasteiger partial charge in [0.05, 0.1) is 17.6 Å². The number of pyridine rings is 1. The first-order valence-electron chi connectivity index (χ1n) is 5.76. The van der Waals surface area contributed by atoms with Crippen molar-refractivity contribution in [1.82, 2.24) is 15.2 Å². The van der Waals surface area contributed by atoms with Gasteiger partial charge in [-0.25, -0.2) is 0 Å². The summed E-state index contributed by atoms with van der Waals surface area (Å²) in [7, 11) is 0. The first-order valence-corrected chi connectivity index (χ1v) is 5.76. The van der Waals surface area contributed by atoms with Crippen LogP contribution in [-0.4, -0.2) is 40.3 Å². The van der Waals surface area contributed by atoms with E-state index in [1.807, 2.05) is 0 Å². The SMILES string of the molecule is O=C1C[C@@H]2[C@H](CCN2C(=O)c2cccnc2)N1. The Labute approximate surface area is 98.8 Å². The molecule has 1 aromatic rings. The number of amides is 2. The third kappa shape index (κ3) is 1.67. The summed E-state index contributed by atoms with van der Waals surface area (Å²) >= 11 is 0. The number of likely N-dealkylation sites (tertiary alicyclic amines) is 1. The molecule has 5 heteroatoms. The number of carbonyl (C=O) groups excluding carboxylic acids is 2. The molecule has 1 aromatic heterocycles. The smallest absolute Gasteiger partial charge is 0.255 e. The van der Waals surface area contributed by atoms with E-state index in [1.165, 1.54) is 0 Å². The molecule has 2 fully saturated rings. The summed E-state index contributed by atoms with van der Waals surface area (Å²) in [5.41, 5.74) is 0.590. The van der Waals surface area contributed by atoms with E-state index >= 15 is 0 Å². The number of carbonyl (C=O) groups is 2. The van der Waals surface area contributed by atoms with Crippen molar-refractivity contribution in [1.29, 1.82) is 0 Å². The third-order valence-corrected chi connectivity index (χ3v) is 3.46. The Balaban J connectivity index is 1.82. The molecule has 0 aromatic carbocycles. The predicted molar refractivity (Wildman–Crippen MR) is 60.2 cm³/mol. The average molecular weight is 231 g/mol. The van der Waals surface area contributed by atoms with Gasteiger partial charge >= 0.3 is 0 Å². The number of nitrogens with one attached hydrogen (secondary N) is 1. The second-order valence-corrected chi connectivity index (χ2v) is 4.47. The summed E-state index contributed by atoms with van der Waals surface area (Å²) in [5.74, 6) is 0.0192. The van der Waals surface area contributed by atoms with Crippen LogP contribution < -0.4 is 5.32 Å². The van der Waals surface area contributed by atoms with Crippen molar-refractivity contribution in [3.05, 3.63) is 30.1 Å². The molecule has 2 aliphatic heterocycles. The van der Waals surface area contributed by atoms with Gasteiger partial charge in [-0.3, -0.25) is 14.6 Å². The predicted octanol–water partition coefficient (Wildman–Crippen LogP) is 0.185. The highest BCUT2D eigenvalue weighted by molar-refractivity contribution is 5.95. The third-order valence-electron chi connectivity index (χ3n) is 3.46. The highest BCUT2D eigenvalue weighted by atomic mass is 16.2. The fourth-order valence-electron chi connectivity index (χ4n) is 2.64. The lowest BCUT2D eigenvalue weighted by Crippen LogP contribution is -2.38. The van der Waals surface area contributed by atoms with E-state index in [0.717, 1.165) is 6.42 Å². The van der Waals surface area contributed by atoms with Gasteiger partial charge in [0.15, 0.2) is 0 Å². The van der Waals surface area contributed by atoms with Gasteiger partial charge in [0.1, 0.15) is 0 Å². The second-order valence-electron chi connectivity index (χ2n) is 4.47. The summed E-state index contributed by atoms with van der Waals surface area (Å²) in [6, 6.07) is 3.67. The summed E-state index contributed by atoms with van der Waals surface area (Å²) in [4.78, 5) is 29.3. The van der Waals surface area contributed by atoms with Crippen LogP contribution in [0.2, 0.25) is 0 Å². The second kappa shape index (κ2) is 3.84. The van der Waals surface area contributed by atoms with Crippen LogP contribution in [0.3, 0.4) is 0 Å². The molecule has 0 bridgehead atoms. The van der Waals surface area contributed by atoms with Gasteiger partial charge in [0, 0.05) is 25.4 Å². The lowest BCUT2D eigenvalue weighted by molar-refractivity contribution is -0.119. The first kappa shape index (κ1) is 10.3. The molecule has 2 amide bonds. The van der Waals surface area contributed by atoms with Gasteiger partial charge in [-0.05, 0) is 18.6 Å². The van der Waals surface area contributed by atoms with Crippen LogP contribution in [-0.2, 0) is 4.79 Å². The number of nitrogens with zero attached hydrogens (tertiary/aromatic N) is 2. The number of fused-ring (bicyclic) bond motifs is 1. The van der Waals surface area contributed by atoms with Crippen LogP contribution in [0.1, 0.15) is 23.2 Å². The summed E-state index contributed by atoms with van der Waals surface area (Å²) < 4.78 is 0. The number of aromatic nitrogens is 1. The minimum Gasteiger partial charge on any atom is -0.351 e. The Morgan fingerprint density at radius 1 is 1.53 bits per heavy atom. The maximum absolute atomic E-state index is 12.2. The van der Waals surface area contributed by atoms with Crippen LogP contribution >= 0.6 is 0 Å². The Morgan fingerprint density at radius 2 is 2.41 bits per heavy atom. The van der Waals surface area contributed by atoms with Gasteiger partial charge in [-0.1, -0.05) is 0 Å². The van der Waals surface area contributed by atoms with Crippen molar-refractivity contribution in [3.8, 4) is 0 Å². The first-order chi connectivity index (χ1) is 8.25. The summed E-state index contributed by atoms with van der Waals surface area (Å²) in [5, 5.41) is 2.90. The molecule has 3 rings (SSSR count). The van der Waals surface area contributed by atoms with Crippen LogP contribution in [0.4, 0.5) is 0 Å². The van der Waals surface area contributed by atoms with E-state index in [4.69, 9.17) is 0 Å². The van der Waals surface area contributed by atoms with Crippen molar-refractivity contribution in [2.24, 2.45) is 0 Å². The quantitative estimate of drug-likeness (QED) is 0.750. The highest BCUT2D eigenvalue weighted by Gasteiger charge is 2.43. The lowest BCUT2D eigenvalue weighted by Gasteiger charge is -2.22. The molecule has 88 valence electrons. The van der Waals surface area contributed by atoms with Crippen LogP contribution in [0, 0.1) is 0 Å². The minimum absolute atomic E-state index is 0.0233. The molecule has 0 aliphatic carbocycles. The molecule has 1 N–H and O–H groups in total. The van der Waals surface area contributed by atoms with Gasteiger partial charge in [-0.2, -0.15) is 0 Å². The van der Waals surface area contributed by atoms with Crippen LogP contribution in [0.5, 0.6) is 0 Å². The van der Waals surface area contributed by atoms with Crippen molar-refractivity contribution in [2.75, 3.05) is 6.54 Å².